The maximum Gasteiger partial charge on any atom is 0.254 e. The second-order valence-corrected chi connectivity index (χ2v) is 6.44. The summed E-state index contributed by atoms with van der Waals surface area (Å²) in [5.74, 6) is -0.871. The number of nitrogens with two attached hydrogens (primary N) is 1. The lowest BCUT2D eigenvalue weighted by molar-refractivity contribution is 0.407. The smallest absolute Gasteiger partial charge is 0.254 e. The molecule has 0 aliphatic heterocycles. The fraction of sp³-hybridized carbons (Fsp3) is 0.222. The molecule has 0 fully saturated rings. The van der Waals surface area contributed by atoms with E-state index in [4.69, 9.17) is 10.3 Å². The van der Waals surface area contributed by atoms with Crippen LogP contribution in [0.1, 0.15) is 30.7 Å². The van der Waals surface area contributed by atoms with Gasteiger partial charge >= 0.3 is 0 Å². The van der Waals surface area contributed by atoms with Crippen LogP contribution in [-0.2, 0) is 0 Å². The van der Waals surface area contributed by atoms with Crippen molar-refractivity contribution in [2.75, 3.05) is 6.54 Å². The topological polar surface area (TPSA) is 64.9 Å². The molecule has 0 radical (unpaired) electrons. The zero-order chi connectivity index (χ0) is 17.6. The molecule has 1 aromatic carbocycles. The van der Waals surface area contributed by atoms with Gasteiger partial charge in [-0.25, -0.2) is 8.78 Å². The van der Waals surface area contributed by atoms with Gasteiger partial charge in [-0.2, -0.15) is 4.98 Å². The van der Waals surface area contributed by atoms with Crippen molar-refractivity contribution in [3.05, 3.63) is 58.8 Å². The summed E-state index contributed by atoms with van der Waals surface area (Å²) >= 11 is 1.52. The molecule has 2 heterocycles. The molecule has 0 amide bonds. The number of hydrogen-bond donors (Lipinski definition) is 1. The maximum absolute atomic E-state index is 13.5. The standard InChI is InChI=1S/C18H17F2N3OS/c19-14-7-6-12(11-15(14)20)10-13(4-1-2-8-21)18-22-17(23-24-18)16-5-3-9-25-16/h3,5-7,9-11H,1-2,4,8,21H2/b13-10+. The van der Waals surface area contributed by atoms with Crippen LogP contribution in [0.25, 0.3) is 22.4 Å². The van der Waals surface area contributed by atoms with Crippen molar-refractivity contribution in [2.24, 2.45) is 5.73 Å². The van der Waals surface area contributed by atoms with E-state index >= 15 is 0 Å². The van der Waals surface area contributed by atoms with Crippen LogP contribution >= 0.6 is 11.3 Å². The third kappa shape index (κ3) is 4.37. The summed E-state index contributed by atoms with van der Waals surface area (Å²) in [5, 5.41) is 5.94. The zero-order valence-electron chi connectivity index (χ0n) is 13.4. The van der Waals surface area contributed by atoms with Crippen LogP contribution in [0.3, 0.4) is 0 Å². The van der Waals surface area contributed by atoms with Gasteiger partial charge in [0.1, 0.15) is 0 Å². The highest BCUT2D eigenvalue weighted by Gasteiger charge is 2.14. The molecular formula is C18H17F2N3OS. The first-order valence-corrected chi connectivity index (χ1v) is 8.79. The lowest BCUT2D eigenvalue weighted by atomic mass is 10.0. The number of hydrogen-bond acceptors (Lipinski definition) is 5. The summed E-state index contributed by atoms with van der Waals surface area (Å²) in [6.45, 7) is 0.586. The molecule has 0 unspecified atom stereocenters. The Morgan fingerprint density at radius 2 is 2.08 bits per heavy atom. The van der Waals surface area contributed by atoms with Gasteiger partial charge in [0.25, 0.3) is 5.89 Å². The molecular weight excluding hydrogens is 344 g/mol. The number of allylic oxidation sites excluding steroid dienone is 1. The Kier molecular flexibility index (Phi) is 5.67. The van der Waals surface area contributed by atoms with Crippen molar-refractivity contribution in [3.8, 4) is 10.7 Å². The number of halogens is 2. The van der Waals surface area contributed by atoms with Crippen molar-refractivity contribution in [3.63, 3.8) is 0 Å². The number of benzene rings is 1. The number of thiophene rings is 1. The molecule has 4 nitrogen and oxygen atoms in total. The SMILES string of the molecule is NCCCC/C(=C\c1ccc(F)c(F)c1)c1nc(-c2cccs2)no1. The Labute approximate surface area is 148 Å². The van der Waals surface area contributed by atoms with Gasteiger partial charge < -0.3 is 10.3 Å². The molecule has 0 aliphatic carbocycles. The van der Waals surface area contributed by atoms with Crippen molar-refractivity contribution in [1.82, 2.24) is 10.1 Å². The Balaban J connectivity index is 1.91. The first kappa shape index (κ1) is 17.4. The summed E-state index contributed by atoms with van der Waals surface area (Å²) in [5.41, 5.74) is 6.86. The van der Waals surface area contributed by atoms with Crippen LogP contribution in [0.2, 0.25) is 0 Å². The average Bonchev–Trinajstić information content (AvgIpc) is 3.28. The largest absolute Gasteiger partial charge is 0.334 e. The molecule has 3 aromatic rings. The highest BCUT2D eigenvalue weighted by molar-refractivity contribution is 7.13. The van der Waals surface area contributed by atoms with E-state index in [1.54, 1.807) is 6.08 Å². The van der Waals surface area contributed by atoms with E-state index in [0.717, 1.165) is 35.4 Å². The molecule has 3 rings (SSSR count). The molecule has 2 N–H and O–H groups in total. The van der Waals surface area contributed by atoms with Gasteiger partial charge in [-0.3, -0.25) is 0 Å². The van der Waals surface area contributed by atoms with E-state index in [9.17, 15) is 8.78 Å². The van der Waals surface area contributed by atoms with Crippen LogP contribution in [0, 0.1) is 11.6 Å². The molecule has 25 heavy (non-hydrogen) atoms. The van der Waals surface area contributed by atoms with E-state index in [2.05, 4.69) is 10.1 Å². The minimum Gasteiger partial charge on any atom is -0.334 e. The molecule has 0 bridgehead atoms. The highest BCUT2D eigenvalue weighted by Crippen LogP contribution is 2.27. The number of rotatable bonds is 7. The molecule has 0 saturated heterocycles. The van der Waals surface area contributed by atoms with Crippen molar-refractivity contribution in [2.45, 2.75) is 19.3 Å². The van der Waals surface area contributed by atoms with E-state index in [1.165, 1.54) is 17.4 Å². The van der Waals surface area contributed by atoms with Gasteiger partial charge in [0.05, 0.1) is 4.88 Å². The Morgan fingerprint density at radius 3 is 2.80 bits per heavy atom. The minimum absolute atomic E-state index is 0.380. The van der Waals surface area contributed by atoms with Gasteiger partial charge in [0.2, 0.25) is 5.82 Å². The second-order valence-electron chi connectivity index (χ2n) is 5.49. The monoisotopic (exact) mass is 361 g/mol. The van der Waals surface area contributed by atoms with Crippen LogP contribution in [0.5, 0.6) is 0 Å². The van der Waals surface area contributed by atoms with Crippen molar-refractivity contribution >= 4 is 23.0 Å². The highest BCUT2D eigenvalue weighted by atomic mass is 32.1. The van der Waals surface area contributed by atoms with E-state index in [1.807, 2.05) is 17.5 Å². The van der Waals surface area contributed by atoms with E-state index in [-0.39, 0.29) is 0 Å². The van der Waals surface area contributed by atoms with Gasteiger partial charge in [-0.1, -0.05) is 17.3 Å². The summed E-state index contributed by atoms with van der Waals surface area (Å²) in [7, 11) is 0. The second kappa shape index (κ2) is 8.13. The summed E-state index contributed by atoms with van der Waals surface area (Å²) < 4.78 is 32.0. The molecule has 0 atom stereocenters. The lowest BCUT2D eigenvalue weighted by Crippen LogP contribution is -1.98. The Bertz CT molecular complexity index is 859. The average molecular weight is 361 g/mol. The van der Waals surface area contributed by atoms with E-state index in [0.29, 0.717) is 30.2 Å². The van der Waals surface area contributed by atoms with Crippen molar-refractivity contribution in [1.29, 1.82) is 0 Å². The molecule has 0 spiro atoms. The molecule has 2 aromatic heterocycles. The molecule has 0 aliphatic rings. The van der Waals surface area contributed by atoms with Crippen LogP contribution in [0.4, 0.5) is 8.78 Å². The lowest BCUT2D eigenvalue weighted by Gasteiger charge is -2.03. The molecule has 7 heteroatoms. The van der Waals surface area contributed by atoms with Gasteiger partial charge in [0, 0.05) is 5.57 Å². The maximum atomic E-state index is 13.5. The van der Waals surface area contributed by atoms with Gasteiger partial charge in [-0.15, -0.1) is 11.3 Å². The first-order valence-electron chi connectivity index (χ1n) is 7.91. The summed E-state index contributed by atoms with van der Waals surface area (Å²) in [6.07, 6.45) is 4.08. The normalized spacial score (nSPS) is 11.9. The Morgan fingerprint density at radius 1 is 1.20 bits per heavy atom. The third-order valence-electron chi connectivity index (χ3n) is 3.63. The van der Waals surface area contributed by atoms with Gasteiger partial charge in [-0.05, 0) is 61.0 Å². The van der Waals surface area contributed by atoms with Crippen LogP contribution in [0.15, 0.2) is 40.2 Å². The number of nitrogens with zero attached hydrogens (tertiary/aromatic N) is 2. The zero-order valence-corrected chi connectivity index (χ0v) is 14.2. The first-order chi connectivity index (χ1) is 12.2. The predicted molar refractivity (Wildman–Crippen MR) is 94.7 cm³/mol. The fourth-order valence-electron chi connectivity index (χ4n) is 2.36. The van der Waals surface area contributed by atoms with Crippen LogP contribution < -0.4 is 5.73 Å². The predicted octanol–water partition coefficient (Wildman–Crippen LogP) is 4.75. The van der Waals surface area contributed by atoms with Gasteiger partial charge in [0.15, 0.2) is 11.6 Å². The number of unbranched alkanes of at least 4 members (excludes halogenated alkanes) is 1. The Hall–Kier alpha value is -2.38. The summed E-state index contributed by atoms with van der Waals surface area (Å²) in [6, 6.07) is 7.58. The number of aromatic nitrogens is 2. The summed E-state index contributed by atoms with van der Waals surface area (Å²) in [4.78, 5) is 5.34. The molecule has 0 saturated carbocycles. The third-order valence-corrected chi connectivity index (χ3v) is 4.49. The fourth-order valence-corrected chi connectivity index (χ4v) is 3.01. The van der Waals surface area contributed by atoms with E-state index < -0.39 is 11.6 Å². The minimum atomic E-state index is -0.889. The molecule has 130 valence electrons. The quantitative estimate of drug-likeness (QED) is 0.617. The van der Waals surface area contributed by atoms with Crippen LogP contribution in [-0.4, -0.2) is 16.7 Å². The van der Waals surface area contributed by atoms with Crippen molar-refractivity contribution < 1.29 is 13.3 Å².